The van der Waals surface area contributed by atoms with E-state index in [1.807, 2.05) is 63.2 Å². The standard InChI is InChI=1S/C12H19NO2.2C11H15NO2/c1-4-11(14)13-10(7-9-5-6-9)8-15-12(13,2)3;2*1-10(2)12-6(5-14-10)7-8(9(12)13)11(7)3-4-11/h7,10H,4-6,8H2,1-3H3;2*6-8H,3-5H2,1-2H3/t10-;6-,7+,8+;6-,7-,8?/m011/s1. The van der Waals surface area contributed by atoms with Gasteiger partial charge in [-0.1, -0.05) is 18.6 Å². The van der Waals surface area contributed by atoms with E-state index in [4.69, 9.17) is 14.2 Å². The third kappa shape index (κ3) is 3.95. The molecular formula is C34H49N3O6. The third-order valence-electron chi connectivity index (χ3n) is 12.7. The Morgan fingerprint density at radius 1 is 0.744 bits per heavy atom. The number of rotatable bonds is 2. The van der Waals surface area contributed by atoms with E-state index in [1.165, 1.54) is 44.1 Å². The lowest BCUT2D eigenvalue weighted by molar-refractivity contribution is -0.146. The minimum absolute atomic E-state index is 0.157. The number of nitrogens with zero attached hydrogens (tertiary/aromatic N) is 3. The predicted octanol–water partition coefficient (Wildman–Crippen LogP) is 4.06. The van der Waals surface area contributed by atoms with Gasteiger partial charge in [-0.2, -0.15) is 0 Å². The molecule has 9 nitrogen and oxygen atoms in total. The molecule has 0 bridgehead atoms. The minimum Gasteiger partial charge on any atom is -0.354 e. The van der Waals surface area contributed by atoms with Crippen LogP contribution >= 0.6 is 0 Å². The van der Waals surface area contributed by atoms with Gasteiger partial charge in [0.1, 0.15) is 17.2 Å². The van der Waals surface area contributed by atoms with Gasteiger partial charge in [0.05, 0.1) is 37.9 Å². The summed E-state index contributed by atoms with van der Waals surface area (Å²) in [6.45, 7) is 16.0. The van der Waals surface area contributed by atoms with Crippen LogP contribution in [0.5, 0.6) is 0 Å². The van der Waals surface area contributed by atoms with Crippen molar-refractivity contribution in [3.05, 3.63) is 11.6 Å². The Hall–Kier alpha value is -1.97. The van der Waals surface area contributed by atoms with Gasteiger partial charge in [-0.25, -0.2) is 0 Å². The highest BCUT2D eigenvalue weighted by atomic mass is 16.5. The summed E-state index contributed by atoms with van der Waals surface area (Å²) in [7, 11) is 0. The Bertz CT molecular complexity index is 1240. The van der Waals surface area contributed by atoms with Crippen LogP contribution in [0.3, 0.4) is 0 Å². The maximum absolute atomic E-state index is 12.1. The van der Waals surface area contributed by atoms with Crippen molar-refractivity contribution in [2.24, 2.45) is 34.5 Å². The first kappa shape index (κ1) is 28.5. The molecule has 3 amide bonds. The molecule has 1 unspecified atom stereocenters. The summed E-state index contributed by atoms with van der Waals surface area (Å²) >= 11 is 0. The number of ether oxygens (including phenoxy) is 3. The van der Waals surface area contributed by atoms with E-state index in [0.717, 1.165) is 13.2 Å². The second kappa shape index (κ2) is 8.64. The molecule has 43 heavy (non-hydrogen) atoms. The molecule has 0 N–H and O–H groups in total. The molecule has 10 fully saturated rings. The smallest absolute Gasteiger partial charge is 0.229 e. The van der Waals surface area contributed by atoms with Crippen molar-refractivity contribution >= 4 is 17.7 Å². The first-order valence-corrected chi connectivity index (χ1v) is 16.8. The monoisotopic (exact) mass is 595 g/mol. The van der Waals surface area contributed by atoms with Gasteiger partial charge in [0, 0.05) is 30.1 Å². The fourth-order valence-corrected chi connectivity index (χ4v) is 10.1. The molecule has 0 radical (unpaired) electrons. The lowest BCUT2D eigenvalue weighted by atomic mass is 10.1. The van der Waals surface area contributed by atoms with Gasteiger partial charge in [0.25, 0.3) is 0 Å². The van der Waals surface area contributed by atoms with Crippen molar-refractivity contribution in [2.75, 3.05) is 19.8 Å². The molecule has 0 aromatic heterocycles. The van der Waals surface area contributed by atoms with Crippen molar-refractivity contribution in [3.63, 3.8) is 0 Å². The summed E-state index contributed by atoms with van der Waals surface area (Å²) in [5, 5.41) is 0. The van der Waals surface area contributed by atoms with Crippen LogP contribution in [-0.4, -0.2) is 87.5 Å². The van der Waals surface area contributed by atoms with Gasteiger partial charge >= 0.3 is 0 Å². The first-order chi connectivity index (χ1) is 20.2. The topological polar surface area (TPSA) is 88.6 Å². The number of fused-ring (bicyclic) bond motifs is 10. The molecule has 0 aromatic rings. The summed E-state index contributed by atoms with van der Waals surface area (Å²) in [5.74, 6) is 3.00. The number of carbonyl (C=O) groups excluding carboxylic acids is 3. The number of piperidine rings is 2. The molecule has 2 spiro atoms. The third-order valence-corrected chi connectivity index (χ3v) is 12.7. The van der Waals surface area contributed by atoms with Crippen LogP contribution in [0.15, 0.2) is 11.6 Å². The van der Waals surface area contributed by atoms with Gasteiger partial charge < -0.3 is 28.9 Å². The van der Waals surface area contributed by atoms with Crippen molar-refractivity contribution in [1.82, 2.24) is 14.7 Å². The van der Waals surface area contributed by atoms with Gasteiger partial charge in [-0.05, 0) is 90.9 Å². The summed E-state index contributed by atoms with van der Waals surface area (Å²) in [5.41, 5.74) is 1.29. The minimum atomic E-state index is -0.441. The fourth-order valence-electron chi connectivity index (χ4n) is 10.1. The Kier molecular flexibility index (Phi) is 5.72. The normalized spacial score (nSPS) is 42.0. The lowest BCUT2D eigenvalue weighted by Crippen LogP contribution is -2.47. The van der Waals surface area contributed by atoms with Crippen LogP contribution in [0.25, 0.3) is 0 Å². The fraction of sp³-hybridized carbons (Fsp3) is 0.853. The molecule has 0 aromatic carbocycles. The SMILES string of the molecule is CC1(C)OC[C@@H]2[C@@H]3C(C(=O)N21)C31CC1.CC1(C)OC[C@@H]2[C@H]3[C@@H](C(=O)N21)C31CC1.CCC(=O)N1[C@@H](C=C2CC2)COC1(C)C. The number of carbonyl (C=O) groups is 3. The van der Waals surface area contributed by atoms with Crippen LogP contribution in [0.1, 0.15) is 93.4 Å². The Morgan fingerprint density at radius 3 is 1.58 bits per heavy atom. The molecule has 10 rings (SSSR count). The highest BCUT2D eigenvalue weighted by Crippen LogP contribution is 2.81. The highest BCUT2D eigenvalue weighted by Gasteiger charge is 2.84. The van der Waals surface area contributed by atoms with Crippen molar-refractivity contribution in [3.8, 4) is 0 Å². The zero-order chi connectivity index (χ0) is 30.5. The van der Waals surface area contributed by atoms with E-state index >= 15 is 0 Å². The van der Waals surface area contributed by atoms with Crippen molar-refractivity contribution < 1.29 is 28.6 Å². The predicted molar refractivity (Wildman–Crippen MR) is 157 cm³/mol. The molecule has 7 atom stereocenters. The van der Waals surface area contributed by atoms with Crippen LogP contribution < -0.4 is 0 Å². The molecule has 236 valence electrons. The van der Waals surface area contributed by atoms with Gasteiger partial charge in [0.15, 0.2) is 0 Å². The quantitative estimate of drug-likeness (QED) is 0.448. The maximum atomic E-state index is 12.1. The van der Waals surface area contributed by atoms with Crippen LogP contribution in [0.4, 0.5) is 0 Å². The number of hydrogen-bond acceptors (Lipinski definition) is 6. The van der Waals surface area contributed by atoms with E-state index in [-0.39, 0.29) is 23.4 Å². The largest absolute Gasteiger partial charge is 0.354 e. The molecule has 5 aliphatic carbocycles. The Balaban J connectivity index is 0.0000000969. The second-order valence-electron chi connectivity index (χ2n) is 16.3. The van der Waals surface area contributed by atoms with Crippen LogP contribution in [0, 0.1) is 34.5 Å². The second-order valence-corrected chi connectivity index (χ2v) is 16.3. The van der Waals surface area contributed by atoms with E-state index in [0.29, 0.717) is 71.4 Å². The summed E-state index contributed by atoms with van der Waals surface area (Å²) in [4.78, 5) is 42.0. The van der Waals surface area contributed by atoms with E-state index in [9.17, 15) is 14.4 Å². The first-order valence-electron chi connectivity index (χ1n) is 16.8. The average molecular weight is 596 g/mol. The van der Waals surface area contributed by atoms with Crippen LogP contribution in [0.2, 0.25) is 0 Å². The number of hydrogen-bond donors (Lipinski definition) is 0. The van der Waals surface area contributed by atoms with Crippen molar-refractivity contribution in [1.29, 1.82) is 0 Å². The highest BCUT2D eigenvalue weighted by molar-refractivity contribution is 5.89. The zero-order valence-corrected chi connectivity index (χ0v) is 27.0. The summed E-state index contributed by atoms with van der Waals surface area (Å²) in [6, 6.07) is 0.972. The Morgan fingerprint density at radius 2 is 1.19 bits per heavy atom. The zero-order valence-electron chi connectivity index (χ0n) is 27.0. The molecule has 5 heterocycles. The van der Waals surface area contributed by atoms with E-state index in [2.05, 4.69) is 6.08 Å². The Labute approximate surface area is 255 Å². The molecule has 10 aliphatic rings. The average Bonchev–Trinajstić information content (AvgIpc) is 3.80. The summed E-state index contributed by atoms with van der Waals surface area (Å²) < 4.78 is 17.1. The summed E-state index contributed by atoms with van der Waals surface area (Å²) in [6.07, 6.45) is 10.3. The van der Waals surface area contributed by atoms with Crippen LogP contribution in [-0.2, 0) is 28.6 Å². The number of amides is 3. The van der Waals surface area contributed by atoms with E-state index < -0.39 is 5.72 Å². The van der Waals surface area contributed by atoms with Gasteiger partial charge in [0.2, 0.25) is 17.7 Å². The molecule has 5 aliphatic heterocycles. The molecule has 9 heteroatoms. The molecule has 5 saturated carbocycles. The lowest BCUT2D eigenvalue weighted by Gasteiger charge is -2.32. The maximum Gasteiger partial charge on any atom is 0.229 e. The number of allylic oxidation sites excluding steroid dienone is 1. The molecule has 5 saturated heterocycles. The van der Waals surface area contributed by atoms with Crippen molar-refractivity contribution in [2.45, 2.75) is 129 Å². The van der Waals surface area contributed by atoms with E-state index in [1.54, 1.807) is 0 Å². The van der Waals surface area contributed by atoms with Gasteiger partial charge in [-0.15, -0.1) is 0 Å². The van der Waals surface area contributed by atoms with Gasteiger partial charge in [-0.3, -0.25) is 14.4 Å². The molecular weight excluding hydrogens is 546 g/mol.